The van der Waals surface area contributed by atoms with Crippen LogP contribution in [-0.2, 0) is 9.53 Å². The summed E-state index contributed by atoms with van der Waals surface area (Å²) < 4.78 is 4.92. The number of nitrogens with zero attached hydrogens (tertiary/aromatic N) is 1. The number of hydrogen-bond donors (Lipinski definition) is 2. The summed E-state index contributed by atoms with van der Waals surface area (Å²) in [5.41, 5.74) is 0.321. The lowest BCUT2D eigenvalue weighted by Crippen LogP contribution is -2.35. The van der Waals surface area contributed by atoms with Gasteiger partial charge in [-0.1, -0.05) is 0 Å². The summed E-state index contributed by atoms with van der Waals surface area (Å²) in [5, 5.41) is 5.58. The van der Waals surface area contributed by atoms with E-state index in [1.54, 1.807) is 25.3 Å². The van der Waals surface area contributed by atoms with Crippen molar-refractivity contribution in [1.29, 1.82) is 0 Å². The van der Waals surface area contributed by atoms with Crippen LogP contribution in [0.25, 0.3) is 0 Å². The van der Waals surface area contributed by atoms with Crippen LogP contribution in [0, 0.1) is 0 Å². The van der Waals surface area contributed by atoms with E-state index in [1.165, 1.54) is 0 Å². The molecule has 0 aromatic carbocycles. The highest BCUT2D eigenvalue weighted by Crippen LogP contribution is 2.12. The zero-order chi connectivity index (χ0) is 14.3. The van der Waals surface area contributed by atoms with Gasteiger partial charge in [0.15, 0.2) is 0 Å². The number of hydrogen-bond acceptors (Lipinski definition) is 5. The lowest BCUT2D eigenvalue weighted by Gasteiger charge is -2.11. The maximum absolute atomic E-state index is 11.7. The van der Waals surface area contributed by atoms with Gasteiger partial charge in [-0.3, -0.25) is 4.79 Å². The summed E-state index contributed by atoms with van der Waals surface area (Å²) in [7, 11) is 0. The van der Waals surface area contributed by atoms with Gasteiger partial charge in [0.05, 0.1) is 13.2 Å². The summed E-state index contributed by atoms with van der Waals surface area (Å²) >= 11 is 0. The highest BCUT2D eigenvalue weighted by molar-refractivity contribution is 5.95. The Hall–Kier alpha value is -2.11. The molecule has 1 aromatic rings. The fourth-order valence-corrected chi connectivity index (χ4v) is 1.46. The smallest absolute Gasteiger partial charge is 0.341 e. The number of rotatable bonds is 6. The molecule has 1 heterocycles. The molecule has 6 nitrogen and oxygen atoms in total. The number of amides is 1. The van der Waals surface area contributed by atoms with Gasteiger partial charge in [0.25, 0.3) is 0 Å². The molecular weight excluding hydrogens is 246 g/mol. The zero-order valence-corrected chi connectivity index (χ0v) is 11.4. The van der Waals surface area contributed by atoms with Crippen LogP contribution in [0.15, 0.2) is 18.3 Å². The molecule has 1 rings (SSSR count). The fourth-order valence-electron chi connectivity index (χ4n) is 1.46. The first kappa shape index (κ1) is 14.9. The van der Waals surface area contributed by atoms with E-state index in [-0.39, 0.29) is 18.5 Å². The lowest BCUT2D eigenvalue weighted by molar-refractivity contribution is -0.119. The second kappa shape index (κ2) is 7.35. The van der Waals surface area contributed by atoms with E-state index in [4.69, 9.17) is 4.74 Å². The van der Waals surface area contributed by atoms with Gasteiger partial charge < -0.3 is 15.4 Å². The Labute approximate surface area is 112 Å². The van der Waals surface area contributed by atoms with Gasteiger partial charge in [-0.25, -0.2) is 9.78 Å². The highest BCUT2D eigenvalue weighted by atomic mass is 16.5. The molecule has 0 aliphatic heterocycles. The van der Waals surface area contributed by atoms with Gasteiger partial charge in [-0.2, -0.15) is 0 Å². The summed E-state index contributed by atoms with van der Waals surface area (Å²) in [4.78, 5) is 27.2. The van der Waals surface area contributed by atoms with E-state index in [1.807, 2.05) is 13.8 Å². The molecule has 6 heteroatoms. The predicted molar refractivity (Wildman–Crippen MR) is 72.0 cm³/mol. The van der Waals surface area contributed by atoms with E-state index < -0.39 is 5.97 Å². The number of carbonyl (C=O) groups excluding carboxylic acids is 2. The Morgan fingerprint density at radius 2 is 2.16 bits per heavy atom. The fraction of sp³-hybridized carbons (Fsp3) is 0.462. The van der Waals surface area contributed by atoms with Crippen molar-refractivity contribution in [3.63, 3.8) is 0 Å². The third-order valence-electron chi connectivity index (χ3n) is 2.17. The normalized spacial score (nSPS) is 10.1. The first-order chi connectivity index (χ1) is 9.04. The average molecular weight is 265 g/mol. The largest absolute Gasteiger partial charge is 0.462 e. The Kier molecular flexibility index (Phi) is 5.78. The molecule has 1 aromatic heterocycles. The van der Waals surface area contributed by atoms with E-state index in [2.05, 4.69) is 15.6 Å². The van der Waals surface area contributed by atoms with Gasteiger partial charge in [-0.15, -0.1) is 0 Å². The second-order valence-electron chi connectivity index (χ2n) is 4.20. The quantitative estimate of drug-likeness (QED) is 0.755. The van der Waals surface area contributed by atoms with Gasteiger partial charge in [0.1, 0.15) is 11.4 Å². The molecule has 2 N–H and O–H groups in total. The van der Waals surface area contributed by atoms with Gasteiger partial charge in [-0.05, 0) is 32.9 Å². The van der Waals surface area contributed by atoms with Crippen LogP contribution in [0.3, 0.4) is 0 Å². The van der Waals surface area contributed by atoms with Crippen LogP contribution in [0.1, 0.15) is 31.1 Å². The Morgan fingerprint density at radius 3 is 2.79 bits per heavy atom. The molecule has 0 spiro atoms. The first-order valence-corrected chi connectivity index (χ1v) is 6.20. The van der Waals surface area contributed by atoms with Crippen molar-refractivity contribution < 1.29 is 14.3 Å². The monoisotopic (exact) mass is 265 g/mol. The molecule has 0 radical (unpaired) electrons. The van der Waals surface area contributed by atoms with Crippen LogP contribution >= 0.6 is 0 Å². The van der Waals surface area contributed by atoms with Gasteiger partial charge >= 0.3 is 5.97 Å². The highest BCUT2D eigenvalue weighted by Gasteiger charge is 2.13. The summed E-state index contributed by atoms with van der Waals surface area (Å²) in [6, 6.07) is 3.32. The molecule has 0 aliphatic rings. The van der Waals surface area contributed by atoms with Crippen molar-refractivity contribution in [2.75, 3.05) is 18.5 Å². The average Bonchev–Trinajstić information content (AvgIpc) is 2.36. The van der Waals surface area contributed by atoms with Gasteiger partial charge in [0, 0.05) is 12.2 Å². The molecule has 0 atom stereocenters. The number of ether oxygens (including phenoxy) is 1. The van der Waals surface area contributed by atoms with E-state index in [0.29, 0.717) is 18.0 Å². The Balaban J connectivity index is 2.68. The number of aromatic nitrogens is 1. The molecular formula is C13H19N3O3. The molecule has 1 amide bonds. The van der Waals surface area contributed by atoms with Crippen molar-refractivity contribution in [2.24, 2.45) is 0 Å². The third kappa shape index (κ3) is 4.95. The Morgan fingerprint density at radius 1 is 1.42 bits per heavy atom. The minimum absolute atomic E-state index is 0.0571. The van der Waals surface area contributed by atoms with E-state index in [0.717, 1.165) is 0 Å². The standard InChI is InChI=1S/C13H19N3O3/c1-4-19-13(18)10-6-5-7-14-12(10)15-8-11(17)16-9(2)3/h5-7,9H,4,8H2,1-3H3,(H,14,15)(H,16,17). The molecule has 19 heavy (non-hydrogen) atoms. The Bertz CT molecular complexity index is 447. The van der Waals surface area contributed by atoms with E-state index in [9.17, 15) is 9.59 Å². The molecule has 0 saturated heterocycles. The van der Waals surface area contributed by atoms with Crippen LogP contribution in [0.2, 0.25) is 0 Å². The number of esters is 1. The van der Waals surface area contributed by atoms with Crippen molar-refractivity contribution in [2.45, 2.75) is 26.8 Å². The number of pyridine rings is 1. The van der Waals surface area contributed by atoms with Crippen LogP contribution in [0.4, 0.5) is 5.82 Å². The summed E-state index contributed by atoms with van der Waals surface area (Å²) in [6.07, 6.45) is 1.55. The summed E-state index contributed by atoms with van der Waals surface area (Å²) in [6.45, 7) is 5.84. The van der Waals surface area contributed by atoms with E-state index >= 15 is 0 Å². The molecule has 0 aliphatic carbocycles. The first-order valence-electron chi connectivity index (χ1n) is 6.20. The zero-order valence-electron chi connectivity index (χ0n) is 11.4. The molecule has 0 bridgehead atoms. The predicted octanol–water partition coefficient (Wildman–Crippen LogP) is 1.19. The third-order valence-corrected chi connectivity index (χ3v) is 2.17. The van der Waals surface area contributed by atoms with Crippen molar-refractivity contribution in [3.05, 3.63) is 23.9 Å². The number of carbonyl (C=O) groups is 2. The van der Waals surface area contributed by atoms with Crippen molar-refractivity contribution in [1.82, 2.24) is 10.3 Å². The summed E-state index contributed by atoms with van der Waals surface area (Å²) in [5.74, 6) is -0.266. The lowest BCUT2D eigenvalue weighted by atomic mass is 10.2. The maximum Gasteiger partial charge on any atom is 0.341 e. The molecule has 104 valence electrons. The molecule has 0 unspecified atom stereocenters. The van der Waals surface area contributed by atoms with Gasteiger partial charge in [0.2, 0.25) is 5.91 Å². The topological polar surface area (TPSA) is 80.3 Å². The van der Waals surface area contributed by atoms with Crippen LogP contribution in [-0.4, -0.2) is 36.1 Å². The molecule has 0 fully saturated rings. The van der Waals surface area contributed by atoms with Crippen LogP contribution < -0.4 is 10.6 Å². The second-order valence-corrected chi connectivity index (χ2v) is 4.20. The number of anilines is 1. The van der Waals surface area contributed by atoms with Crippen molar-refractivity contribution >= 4 is 17.7 Å². The van der Waals surface area contributed by atoms with Crippen LogP contribution in [0.5, 0.6) is 0 Å². The molecule has 0 saturated carbocycles. The minimum Gasteiger partial charge on any atom is -0.462 e. The maximum atomic E-state index is 11.7. The SMILES string of the molecule is CCOC(=O)c1cccnc1NCC(=O)NC(C)C. The van der Waals surface area contributed by atoms with Crippen molar-refractivity contribution in [3.8, 4) is 0 Å². The minimum atomic E-state index is -0.456. The number of nitrogens with one attached hydrogen (secondary N) is 2.